The number of ether oxygens (including phenoxy) is 1. The summed E-state index contributed by atoms with van der Waals surface area (Å²) in [5.41, 5.74) is 4.09. The van der Waals surface area contributed by atoms with E-state index in [9.17, 15) is 24.3 Å². The molecule has 1 unspecified atom stereocenters. The molecular weight excluding hydrogens is 799 g/mol. The second kappa shape index (κ2) is 13.4. The number of hydrogen-bond acceptors (Lipinski definition) is 8. The summed E-state index contributed by atoms with van der Waals surface area (Å²) in [7, 11) is 0. The fraction of sp³-hybridized carbons (Fsp3) is 0.0385. The summed E-state index contributed by atoms with van der Waals surface area (Å²) < 4.78 is 8.90. The molecule has 7 nitrogen and oxygen atoms in total. The first-order chi connectivity index (χ1) is 29.8. The van der Waals surface area contributed by atoms with E-state index in [2.05, 4.69) is 12.1 Å². The molecule has 0 bridgehead atoms. The topological polar surface area (TPSA) is 103 Å². The summed E-state index contributed by atoms with van der Waals surface area (Å²) in [5.74, 6) is -0.921. The highest BCUT2D eigenvalue weighted by atomic mass is 32.1. The third kappa shape index (κ3) is 5.59. The van der Waals surface area contributed by atoms with Crippen LogP contribution in [0, 0.1) is 0 Å². The molecule has 2 aliphatic rings. The second-order valence-corrected chi connectivity index (χ2v) is 17.7. The van der Waals surface area contributed by atoms with E-state index in [-0.39, 0.29) is 35.1 Å². The molecule has 0 radical (unpaired) electrons. The van der Waals surface area contributed by atoms with Gasteiger partial charge in [-0.1, -0.05) is 78.9 Å². The Hall–Kier alpha value is -7.30. The van der Waals surface area contributed by atoms with E-state index in [1.165, 1.54) is 27.2 Å². The van der Waals surface area contributed by atoms with Crippen LogP contribution in [-0.4, -0.2) is 33.1 Å². The standard InChI is InChI=1S/C52H29NO6S2/c54-46-38-18-32-14-28-10-4-5-11-29(28)15-33(32)19-39(38)47(55)42(46)22-36-24-44-50(60-36)51-45(53(44)52(58)59-26-27-8-2-1-3-9-27)25-37(61-51)23-43-48(56)40-20-34-16-30-12-6-7-13-31(30)17-35(34)21-41(40)49(43)57/h1-25,46,54H,26H2/b42-22+. The Morgan fingerprint density at radius 3 is 1.57 bits per heavy atom. The SMILES string of the molecule is O=C1C(=Cc2cc3c(s2)c2sc(/C=C4/C(=O)c5cc6cc7ccccc7cc6cc5C4O)cc2n3C(=O)OCc2ccccc2)C(=O)c2cc3cc4ccccc4cc3cc21. The number of aliphatic hydroxyl groups is 1. The number of fused-ring (bicyclic) bond motifs is 9. The molecule has 290 valence electrons. The normalized spacial score (nSPS) is 15.7. The smallest absolute Gasteiger partial charge is 0.419 e. The molecule has 0 spiro atoms. The molecule has 1 atom stereocenters. The van der Waals surface area contributed by atoms with Crippen molar-refractivity contribution in [2.45, 2.75) is 12.7 Å². The Morgan fingerprint density at radius 1 is 0.557 bits per heavy atom. The van der Waals surface area contributed by atoms with E-state index in [1.54, 1.807) is 24.3 Å². The Bertz CT molecular complexity index is 3620. The molecule has 0 fully saturated rings. The first-order valence-corrected chi connectivity index (χ1v) is 21.4. The van der Waals surface area contributed by atoms with Crippen LogP contribution in [0.5, 0.6) is 0 Å². The van der Waals surface area contributed by atoms with Crippen LogP contribution in [0.4, 0.5) is 4.79 Å². The number of rotatable bonds is 4. The zero-order valence-corrected chi connectivity index (χ0v) is 33.6. The number of benzene rings is 7. The second-order valence-electron chi connectivity index (χ2n) is 15.6. The molecule has 0 saturated carbocycles. The Labute approximate surface area is 354 Å². The molecule has 61 heavy (non-hydrogen) atoms. The van der Waals surface area contributed by atoms with E-state index in [1.807, 2.05) is 115 Å². The van der Waals surface area contributed by atoms with Gasteiger partial charge in [0.25, 0.3) is 0 Å². The van der Waals surface area contributed by atoms with Gasteiger partial charge in [0, 0.05) is 32.0 Å². The average molecular weight is 828 g/mol. The summed E-state index contributed by atoms with van der Waals surface area (Å²) in [6.07, 6.45) is 1.61. The van der Waals surface area contributed by atoms with Crippen molar-refractivity contribution in [1.29, 1.82) is 0 Å². The minimum absolute atomic E-state index is 0.0526. The first-order valence-electron chi connectivity index (χ1n) is 19.7. The van der Waals surface area contributed by atoms with Crippen LogP contribution in [-0.2, 0) is 11.3 Å². The number of nitrogens with zero attached hydrogens (tertiary/aromatic N) is 1. The lowest BCUT2D eigenvalue weighted by atomic mass is 9.98. The molecular formula is C52H29NO6S2. The maximum atomic E-state index is 14.0. The summed E-state index contributed by atoms with van der Waals surface area (Å²) in [4.78, 5) is 57.1. The number of carbonyl (C=O) groups is 4. The van der Waals surface area contributed by atoms with Crippen LogP contribution in [0.25, 0.3) is 75.7 Å². The van der Waals surface area contributed by atoms with E-state index < -0.39 is 12.2 Å². The largest absolute Gasteiger partial charge is 0.444 e. The summed E-state index contributed by atoms with van der Waals surface area (Å²) in [6, 6.07) is 44.7. The predicted octanol–water partition coefficient (Wildman–Crippen LogP) is 12.5. The molecule has 9 heteroatoms. The van der Waals surface area contributed by atoms with Gasteiger partial charge in [-0.3, -0.25) is 14.4 Å². The van der Waals surface area contributed by atoms with Crippen molar-refractivity contribution in [3.63, 3.8) is 0 Å². The first kappa shape index (κ1) is 35.6. The highest BCUT2D eigenvalue weighted by molar-refractivity contribution is 7.28. The van der Waals surface area contributed by atoms with Crippen molar-refractivity contribution in [3.05, 3.63) is 188 Å². The van der Waals surface area contributed by atoms with Gasteiger partial charge in [-0.25, -0.2) is 9.36 Å². The fourth-order valence-electron chi connectivity index (χ4n) is 8.92. The van der Waals surface area contributed by atoms with Crippen molar-refractivity contribution in [3.8, 4) is 0 Å². The van der Waals surface area contributed by atoms with Gasteiger partial charge in [-0.05, 0) is 127 Å². The lowest BCUT2D eigenvalue weighted by Crippen LogP contribution is -2.12. The van der Waals surface area contributed by atoms with Gasteiger partial charge in [-0.2, -0.15) is 0 Å². The van der Waals surface area contributed by atoms with Crippen LogP contribution in [0.3, 0.4) is 0 Å². The Balaban J connectivity index is 0.941. The van der Waals surface area contributed by atoms with Gasteiger partial charge in [0.15, 0.2) is 17.3 Å². The van der Waals surface area contributed by atoms with Gasteiger partial charge in [0.05, 0.1) is 26.0 Å². The quantitative estimate of drug-likeness (QED) is 0.108. The Kier molecular flexibility index (Phi) is 7.80. The average Bonchev–Trinajstić information content (AvgIpc) is 4.05. The monoisotopic (exact) mass is 827 g/mol. The summed E-state index contributed by atoms with van der Waals surface area (Å²) >= 11 is 2.76. The highest BCUT2D eigenvalue weighted by Crippen LogP contribution is 2.45. The minimum Gasteiger partial charge on any atom is -0.444 e. The number of thiophene rings is 2. The van der Waals surface area contributed by atoms with Gasteiger partial charge in [-0.15, -0.1) is 22.7 Å². The molecule has 0 aliphatic heterocycles. The fourth-order valence-corrected chi connectivity index (χ4v) is 11.3. The Morgan fingerprint density at radius 2 is 1.03 bits per heavy atom. The number of hydrogen-bond donors (Lipinski definition) is 1. The van der Waals surface area contributed by atoms with Crippen LogP contribution in [0.2, 0.25) is 0 Å². The minimum atomic E-state index is -1.12. The maximum Gasteiger partial charge on any atom is 0.419 e. The number of Topliss-reactive ketones (excluding diaryl/α,β-unsaturated/α-hetero) is 3. The maximum absolute atomic E-state index is 14.0. The predicted molar refractivity (Wildman–Crippen MR) is 244 cm³/mol. The molecule has 1 N–H and O–H groups in total. The van der Waals surface area contributed by atoms with Gasteiger partial charge >= 0.3 is 6.09 Å². The summed E-state index contributed by atoms with van der Waals surface area (Å²) in [6.45, 7) is 0.0526. The highest BCUT2D eigenvalue weighted by Gasteiger charge is 2.36. The van der Waals surface area contributed by atoms with Gasteiger partial charge in [0.1, 0.15) is 12.7 Å². The third-order valence-electron chi connectivity index (χ3n) is 11.9. The lowest BCUT2D eigenvalue weighted by molar-refractivity contribution is 0.0986. The van der Waals surface area contributed by atoms with Gasteiger partial charge < -0.3 is 9.84 Å². The van der Waals surface area contributed by atoms with Crippen molar-refractivity contribution in [1.82, 2.24) is 4.57 Å². The van der Waals surface area contributed by atoms with E-state index >= 15 is 0 Å². The van der Waals surface area contributed by atoms with Crippen molar-refractivity contribution in [2.24, 2.45) is 0 Å². The molecule has 7 aromatic carbocycles. The zero-order chi connectivity index (χ0) is 41.1. The van der Waals surface area contributed by atoms with Gasteiger partial charge in [0.2, 0.25) is 0 Å². The summed E-state index contributed by atoms with van der Waals surface area (Å²) in [5, 5.41) is 19.5. The van der Waals surface area contributed by atoms with Crippen LogP contribution in [0.15, 0.2) is 151 Å². The van der Waals surface area contributed by atoms with Crippen LogP contribution in [0.1, 0.15) is 58.1 Å². The molecule has 2 aliphatic carbocycles. The van der Waals surface area contributed by atoms with E-state index in [0.29, 0.717) is 43.0 Å². The van der Waals surface area contributed by atoms with Crippen molar-refractivity contribution >= 4 is 122 Å². The lowest BCUT2D eigenvalue weighted by Gasteiger charge is -2.07. The number of ketones is 3. The van der Waals surface area contributed by atoms with Crippen LogP contribution >= 0.6 is 22.7 Å². The molecule has 3 aromatic heterocycles. The van der Waals surface area contributed by atoms with Crippen molar-refractivity contribution < 1.29 is 29.0 Å². The van der Waals surface area contributed by atoms with E-state index in [4.69, 9.17) is 4.74 Å². The molecule has 10 aromatic rings. The van der Waals surface area contributed by atoms with Crippen LogP contribution < -0.4 is 0 Å². The number of allylic oxidation sites excluding steroid dienone is 1. The molecule has 0 amide bonds. The number of aromatic nitrogens is 1. The third-order valence-corrected chi connectivity index (χ3v) is 14.2. The molecule has 0 saturated heterocycles. The zero-order valence-electron chi connectivity index (χ0n) is 32.0. The number of aliphatic hydroxyl groups excluding tert-OH is 1. The molecule has 3 heterocycles. The molecule has 12 rings (SSSR count). The number of carbonyl (C=O) groups excluding carboxylic acids is 4. The van der Waals surface area contributed by atoms with E-state index in [0.717, 1.165) is 58.1 Å². The van der Waals surface area contributed by atoms with Crippen molar-refractivity contribution in [2.75, 3.05) is 0 Å².